The number of sulfonamides is 1. The number of hydrogen-bond acceptors (Lipinski definition) is 4. The van der Waals surface area contributed by atoms with Gasteiger partial charge in [-0.25, -0.2) is 8.42 Å². The number of carbonyl (C=O) groups excluding carboxylic acids is 1. The van der Waals surface area contributed by atoms with Crippen LogP contribution in [0, 0.1) is 11.3 Å². The first kappa shape index (κ1) is 18.0. The van der Waals surface area contributed by atoms with Crippen molar-refractivity contribution in [3.8, 4) is 6.07 Å². The number of nitriles is 1. The third-order valence-corrected chi connectivity index (χ3v) is 4.52. The van der Waals surface area contributed by atoms with E-state index in [-0.39, 0.29) is 18.9 Å². The normalized spacial score (nSPS) is 10.8. The third kappa shape index (κ3) is 4.74. The van der Waals surface area contributed by atoms with E-state index in [4.69, 9.17) is 5.26 Å². The van der Waals surface area contributed by atoms with Gasteiger partial charge in [-0.3, -0.25) is 9.10 Å². The van der Waals surface area contributed by atoms with Gasteiger partial charge in [0.05, 0.1) is 23.6 Å². The van der Waals surface area contributed by atoms with Gasteiger partial charge >= 0.3 is 0 Å². The standard InChI is InChI=1S/C15H21N3O3S/c1-4-17(5-2)15(19)10-11-18(22(3,20)21)14-8-6-13(12-16)7-9-14/h6-9H,4-5,10-11H2,1-3H3. The Labute approximate surface area is 132 Å². The SMILES string of the molecule is CCN(CC)C(=O)CCN(c1ccc(C#N)cc1)S(C)(=O)=O. The summed E-state index contributed by atoms with van der Waals surface area (Å²) in [6, 6.07) is 8.24. The molecule has 6 nitrogen and oxygen atoms in total. The second kappa shape index (κ2) is 7.80. The lowest BCUT2D eigenvalue weighted by atomic mass is 10.2. The highest BCUT2D eigenvalue weighted by Gasteiger charge is 2.20. The Morgan fingerprint density at radius 2 is 1.73 bits per heavy atom. The first-order valence-electron chi connectivity index (χ1n) is 7.09. The third-order valence-electron chi connectivity index (χ3n) is 3.33. The summed E-state index contributed by atoms with van der Waals surface area (Å²) >= 11 is 0. The molecule has 0 saturated carbocycles. The van der Waals surface area contributed by atoms with Gasteiger partial charge in [-0.2, -0.15) is 5.26 Å². The summed E-state index contributed by atoms with van der Waals surface area (Å²) in [5.41, 5.74) is 0.908. The van der Waals surface area contributed by atoms with E-state index in [1.54, 1.807) is 29.2 Å². The van der Waals surface area contributed by atoms with Crippen molar-refractivity contribution >= 4 is 21.6 Å². The van der Waals surface area contributed by atoms with Gasteiger partial charge in [0, 0.05) is 26.1 Å². The molecule has 1 amide bonds. The Morgan fingerprint density at radius 1 is 1.18 bits per heavy atom. The molecule has 0 aliphatic heterocycles. The Kier molecular flexibility index (Phi) is 6.38. The maximum absolute atomic E-state index is 12.0. The highest BCUT2D eigenvalue weighted by Crippen LogP contribution is 2.18. The highest BCUT2D eigenvalue weighted by molar-refractivity contribution is 7.92. The van der Waals surface area contributed by atoms with Crippen molar-refractivity contribution in [1.82, 2.24) is 4.90 Å². The summed E-state index contributed by atoms with van der Waals surface area (Å²) in [6.45, 7) is 5.06. The van der Waals surface area contributed by atoms with Gasteiger partial charge < -0.3 is 4.90 Å². The number of hydrogen-bond donors (Lipinski definition) is 0. The molecular weight excluding hydrogens is 302 g/mol. The van der Waals surface area contributed by atoms with Crippen LogP contribution in [0.2, 0.25) is 0 Å². The van der Waals surface area contributed by atoms with Crippen LogP contribution < -0.4 is 4.31 Å². The molecule has 1 aromatic carbocycles. The van der Waals surface area contributed by atoms with E-state index in [2.05, 4.69) is 0 Å². The summed E-state index contributed by atoms with van der Waals surface area (Å²) in [6.07, 6.45) is 1.22. The number of anilines is 1. The van der Waals surface area contributed by atoms with E-state index < -0.39 is 10.0 Å². The van der Waals surface area contributed by atoms with E-state index in [0.717, 1.165) is 6.26 Å². The second-order valence-corrected chi connectivity index (χ2v) is 6.72. The molecule has 0 heterocycles. The maximum Gasteiger partial charge on any atom is 0.232 e. The molecule has 0 unspecified atom stereocenters. The number of nitrogens with zero attached hydrogens (tertiary/aromatic N) is 3. The van der Waals surface area contributed by atoms with Gasteiger partial charge in [0.2, 0.25) is 15.9 Å². The van der Waals surface area contributed by atoms with Crippen molar-refractivity contribution in [2.75, 3.05) is 30.2 Å². The number of amides is 1. The first-order chi connectivity index (χ1) is 10.3. The van der Waals surface area contributed by atoms with Crippen LogP contribution in [-0.2, 0) is 14.8 Å². The molecule has 1 rings (SSSR count). The van der Waals surface area contributed by atoms with E-state index in [0.29, 0.717) is 24.3 Å². The van der Waals surface area contributed by atoms with E-state index >= 15 is 0 Å². The molecule has 0 saturated heterocycles. The molecule has 0 bridgehead atoms. The van der Waals surface area contributed by atoms with Gasteiger partial charge in [-0.1, -0.05) is 0 Å². The largest absolute Gasteiger partial charge is 0.343 e. The van der Waals surface area contributed by atoms with Crippen molar-refractivity contribution in [3.63, 3.8) is 0 Å². The topological polar surface area (TPSA) is 81.5 Å². The molecule has 0 N–H and O–H groups in total. The fraction of sp³-hybridized carbons (Fsp3) is 0.467. The lowest BCUT2D eigenvalue weighted by Gasteiger charge is -2.24. The number of rotatable bonds is 7. The first-order valence-corrected chi connectivity index (χ1v) is 8.94. The van der Waals surface area contributed by atoms with Crippen LogP contribution in [0.4, 0.5) is 5.69 Å². The summed E-state index contributed by atoms with van der Waals surface area (Å²) in [5, 5.41) is 8.79. The van der Waals surface area contributed by atoms with Gasteiger partial charge in [0.15, 0.2) is 0 Å². The van der Waals surface area contributed by atoms with Gasteiger partial charge in [-0.15, -0.1) is 0 Å². The van der Waals surface area contributed by atoms with Crippen molar-refractivity contribution in [3.05, 3.63) is 29.8 Å². The fourth-order valence-corrected chi connectivity index (χ4v) is 3.05. The average molecular weight is 323 g/mol. The predicted molar refractivity (Wildman–Crippen MR) is 85.9 cm³/mol. The molecule has 1 aromatic rings. The van der Waals surface area contributed by atoms with E-state index in [1.807, 2.05) is 19.9 Å². The van der Waals surface area contributed by atoms with Crippen LogP contribution in [0.3, 0.4) is 0 Å². The minimum Gasteiger partial charge on any atom is -0.343 e. The lowest BCUT2D eigenvalue weighted by molar-refractivity contribution is -0.130. The zero-order valence-electron chi connectivity index (χ0n) is 13.1. The Bertz CT molecular complexity index is 644. The minimum atomic E-state index is -3.49. The minimum absolute atomic E-state index is 0.0766. The van der Waals surface area contributed by atoms with Gasteiger partial charge in [0.25, 0.3) is 0 Å². The zero-order chi connectivity index (χ0) is 16.8. The number of carbonyl (C=O) groups is 1. The van der Waals surface area contributed by atoms with Gasteiger partial charge in [0.1, 0.15) is 0 Å². The molecule has 0 atom stereocenters. The molecule has 0 spiro atoms. The molecule has 0 aliphatic rings. The Morgan fingerprint density at radius 3 is 2.14 bits per heavy atom. The maximum atomic E-state index is 12.0. The smallest absolute Gasteiger partial charge is 0.232 e. The molecule has 0 fully saturated rings. The molecule has 120 valence electrons. The van der Waals surface area contributed by atoms with Gasteiger partial charge in [-0.05, 0) is 38.1 Å². The molecule has 0 aromatic heterocycles. The molecular formula is C15H21N3O3S. The quantitative estimate of drug-likeness (QED) is 0.763. The fourth-order valence-electron chi connectivity index (χ4n) is 2.12. The van der Waals surface area contributed by atoms with Crippen LogP contribution in [0.15, 0.2) is 24.3 Å². The average Bonchev–Trinajstić information content (AvgIpc) is 2.48. The Hall–Kier alpha value is -2.07. The summed E-state index contributed by atoms with van der Waals surface area (Å²) in [5.74, 6) is -0.0766. The second-order valence-electron chi connectivity index (χ2n) is 4.81. The van der Waals surface area contributed by atoms with E-state index in [9.17, 15) is 13.2 Å². The summed E-state index contributed by atoms with van der Waals surface area (Å²) in [7, 11) is -3.49. The molecule has 0 aliphatic carbocycles. The van der Waals surface area contributed by atoms with E-state index in [1.165, 1.54) is 4.31 Å². The lowest BCUT2D eigenvalue weighted by Crippen LogP contribution is -2.36. The van der Waals surface area contributed by atoms with Crippen LogP contribution >= 0.6 is 0 Å². The van der Waals surface area contributed by atoms with Crippen molar-refractivity contribution in [2.24, 2.45) is 0 Å². The van der Waals surface area contributed by atoms with Crippen LogP contribution in [0.1, 0.15) is 25.8 Å². The van der Waals surface area contributed by atoms with Crippen LogP contribution in [-0.4, -0.2) is 45.1 Å². The Balaban J connectivity index is 2.91. The van der Waals surface area contributed by atoms with Crippen LogP contribution in [0.25, 0.3) is 0 Å². The summed E-state index contributed by atoms with van der Waals surface area (Å²) < 4.78 is 25.1. The predicted octanol–water partition coefficient (Wildman–Crippen LogP) is 1.58. The molecule has 22 heavy (non-hydrogen) atoms. The highest BCUT2D eigenvalue weighted by atomic mass is 32.2. The van der Waals surface area contributed by atoms with Crippen molar-refractivity contribution < 1.29 is 13.2 Å². The zero-order valence-corrected chi connectivity index (χ0v) is 13.9. The molecule has 7 heteroatoms. The monoisotopic (exact) mass is 323 g/mol. The number of benzene rings is 1. The van der Waals surface area contributed by atoms with Crippen molar-refractivity contribution in [2.45, 2.75) is 20.3 Å². The van der Waals surface area contributed by atoms with Crippen molar-refractivity contribution in [1.29, 1.82) is 5.26 Å². The molecule has 0 radical (unpaired) electrons. The van der Waals surface area contributed by atoms with Crippen LogP contribution in [0.5, 0.6) is 0 Å². The summed E-state index contributed by atoms with van der Waals surface area (Å²) in [4.78, 5) is 13.7.